The van der Waals surface area contributed by atoms with Crippen LogP contribution in [-0.2, 0) is 10.0 Å². The summed E-state index contributed by atoms with van der Waals surface area (Å²) in [6, 6.07) is 7.90. The van der Waals surface area contributed by atoms with E-state index in [1.807, 2.05) is 18.2 Å². The number of aromatic amines is 1. The molecule has 0 fully saturated rings. The van der Waals surface area contributed by atoms with Crippen LogP contribution in [0.4, 0.5) is 0 Å². The van der Waals surface area contributed by atoms with Crippen LogP contribution in [0.3, 0.4) is 0 Å². The van der Waals surface area contributed by atoms with Gasteiger partial charge >= 0.3 is 5.97 Å². The highest BCUT2D eigenvalue weighted by atomic mass is 79.9. The maximum Gasteiger partial charge on any atom is 0.352 e. The zero-order valence-corrected chi connectivity index (χ0v) is 13.4. The number of benzene rings is 1. The molecular weight excluding hydrogens is 360 g/mol. The number of H-pyrrole nitrogens is 1. The van der Waals surface area contributed by atoms with E-state index in [0.29, 0.717) is 0 Å². The predicted molar refractivity (Wildman–Crippen MR) is 80.6 cm³/mol. The molecule has 0 aliphatic carbocycles. The minimum absolute atomic E-state index is 0.109. The summed E-state index contributed by atoms with van der Waals surface area (Å²) in [5, 5.41) is 8.80. The Morgan fingerprint density at radius 1 is 1.38 bits per heavy atom. The second kappa shape index (κ2) is 6.00. The number of hydrogen-bond donors (Lipinski definition) is 3. The van der Waals surface area contributed by atoms with E-state index in [9.17, 15) is 13.2 Å². The van der Waals surface area contributed by atoms with E-state index in [1.54, 1.807) is 13.0 Å². The van der Waals surface area contributed by atoms with Gasteiger partial charge in [-0.1, -0.05) is 28.1 Å². The third kappa shape index (κ3) is 3.72. The summed E-state index contributed by atoms with van der Waals surface area (Å²) in [7, 11) is -3.79. The van der Waals surface area contributed by atoms with E-state index >= 15 is 0 Å². The number of carbonyl (C=O) groups is 1. The first-order chi connectivity index (χ1) is 9.79. The van der Waals surface area contributed by atoms with Gasteiger partial charge in [-0.15, -0.1) is 0 Å². The summed E-state index contributed by atoms with van der Waals surface area (Å²) in [5.41, 5.74) is 0.618. The molecule has 21 heavy (non-hydrogen) atoms. The molecule has 2 aromatic rings. The van der Waals surface area contributed by atoms with Crippen LogP contribution in [-0.4, -0.2) is 24.5 Å². The monoisotopic (exact) mass is 372 g/mol. The average Bonchev–Trinajstić information content (AvgIpc) is 2.88. The van der Waals surface area contributed by atoms with Crippen LogP contribution in [0.1, 0.15) is 29.0 Å². The van der Waals surface area contributed by atoms with Crippen molar-refractivity contribution >= 4 is 31.9 Å². The van der Waals surface area contributed by atoms with Crippen LogP contribution in [0.25, 0.3) is 0 Å². The normalized spacial score (nSPS) is 13.0. The standard InChI is InChI=1S/C13H13BrN2O4S/c1-8(9-3-2-4-10(14)5-9)16-21(19,20)11-6-12(13(17)18)15-7-11/h2-8,15-16H,1H3,(H,17,18). The lowest BCUT2D eigenvalue weighted by molar-refractivity contribution is 0.0691. The number of hydrogen-bond acceptors (Lipinski definition) is 3. The lowest BCUT2D eigenvalue weighted by Gasteiger charge is -2.14. The van der Waals surface area contributed by atoms with Crippen molar-refractivity contribution in [3.8, 4) is 0 Å². The number of aromatic carboxylic acids is 1. The number of rotatable bonds is 5. The molecule has 1 aromatic carbocycles. The Bertz CT molecular complexity index is 770. The summed E-state index contributed by atoms with van der Waals surface area (Å²) < 4.78 is 27.8. The summed E-state index contributed by atoms with van der Waals surface area (Å²) in [6.45, 7) is 1.71. The summed E-state index contributed by atoms with van der Waals surface area (Å²) in [5.74, 6) is -1.21. The first-order valence-electron chi connectivity index (χ1n) is 5.99. The molecule has 1 aromatic heterocycles. The Hall–Kier alpha value is -1.64. The molecule has 3 N–H and O–H groups in total. The van der Waals surface area contributed by atoms with E-state index in [0.717, 1.165) is 22.3 Å². The summed E-state index contributed by atoms with van der Waals surface area (Å²) in [4.78, 5) is 13.1. The van der Waals surface area contributed by atoms with Gasteiger partial charge in [-0.3, -0.25) is 0 Å². The Morgan fingerprint density at radius 2 is 2.10 bits per heavy atom. The highest BCUT2D eigenvalue weighted by Crippen LogP contribution is 2.20. The van der Waals surface area contributed by atoms with Gasteiger partial charge in [0.15, 0.2) is 0 Å². The molecule has 2 rings (SSSR count). The first kappa shape index (κ1) is 15.7. The Kier molecular flexibility index (Phi) is 4.50. The minimum Gasteiger partial charge on any atom is -0.477 e. The van der Waals surface area contributed by atoms with Crippen molar-refractivity contribution in [3.05, 3.63) is 52.3 Å². The Labute approximate surface area is 130 Å². The van der Waals surface area contributed by atoms with E-state index in [1.165, 1.54) is 0 Å². The Balaban J connectivity index is 2.22. The highest BCUT2D eigenvalue weighted by molar-refractivity contribution is 9.10. The average molecular weight is 373 g/mol. The number of sulfonamides is 1. The zero-order chi connectivity index (χ0) is 15.6. The maximum atomic E-state index is 12.2. The fourth-order valence-corrected chi connectivity index (χ4v) is 3.44. The molecule has 6 nitrogen and oxygen atoms in total. The number of halogens is 1. The number of carboxylic acid groups (broad SMARTS) is 1. The van der Waals surface area contributed by atoms with E-state index < -0.39 is 22.0 Å². The fraction of sp³-hybridized carbons (Fsp3) is 0.154. The van der Waals surface area contributed by atoms with Gasteiger partial charge in [0.05, 0.1) is 0 Å². The zero-order valence-electron chi connectivity index (χ0n) is 11.0. The molecule has 1 atom stereocenters. The third-order valence-electron chi connectivity index (χ3n) is 2.88. The van der Waals surface area contributed by atoms with Crippen LogP contribution in [0.15, 0.2) is 45.9 Å². The molecule has 0 amide bonds. The van der Waals surface area contributed by atoms with E-state index in [2.05, 4.69) is 25.6 Å². The number of carboxylic acids is 1. The topological polar surface area (TPSA) is 99.3 Å². The van der Waals surface area contributed by atoms with Crippen LogP contribution >= 0.6 is 15.9 Å². The van der Waals surface area contributed by atoms with Crippen molar-refractivity contribution in [3.63, 3.8) is 0 Å². The van der Waals surface area contributed by atoms with Gasteiger partial charge < -0.3 is 10.1 Å². The molecule has 0 aliphatic heterocycles. The van der Waals surface area contributed by atoms with Crippen molar-refractivity contribution in [1.29, 1.82) is 0 Å². The molecule has 0 saturated heterocycles. The number of nitrogens with one attached hydrogen (secondary N) is 2. The van der Waals surface area contributed by atoms with Crippen molar-refractivity contribution in [2.24, 2.45) is 0 Å². The SMILES string of the molecule is CC(NS(=O)(=O)c1c[nH]c(C(=O)O)c1)c1cccc(Br)c1. The second-order valence-electron chi connectivity index (χ2n) is 4.45. The molecule has 0 radical (unpaired) electrons. The van der Waals surface area contributed by atoms with Crippen molar-refractivity contribution < 1.29 is 18.3 Å². The predicted octanol–water partition coefficient (Wildman–Crippen LogP) is 2.51. The maximum absolute atomic E-state index is 12.2. The molecule has 1 heterocycles. The minimum atomic E-state index is -3.79. The van der Waals surface area contributed by atoms with Gasteiger partial charge in [0.1, 0.15) is 10.6 Å². The van der Waals surface area contributed by atoms with Gasteiger partial charge in [0.25, 0.3) is 0 Å². The molecule has 0 spiro atoms. The number of aromatic nitrogens is 1. The molecule has 0 aliphatic rings. The molecule has 1 unspecified atom stereocenters. The van der Waals surface area contributed by atoms with Gasteiger partial charge in [-0.05, 0) is 30.7 Å². The van der Waals surface area contributed by atoms with Crippen LogP contribution in [0.5, 0.6) is 0 Å². The van der Waals surface area contributed by atoms with E-state index in [-0.39, 0.29) is 10.6 Å². The molecule has 112 valence electrons. The van der Waals surface area contributed by atoms with E-state index in [4.69, 9.17) is 5.11 Å². The van der Waals surface area contributed by atoms with Gasteiger partial charge in [-0.25, -0.2) is 17.9 Å². The quantitative estimate of drug-likeness (QED) is 0.750. The fourth-order valence-electron chi connectivity index (χ4n) is 1.80. The van der Waals surface area contributed by atoms with Crippen LogP contribution in [0, 0.1) is 0 Å². The van der Waals surface area contributed by atoms with Crippen molar-refractivity contribution in [2.75, 3.05) is 0 Å². The lowest BCUT2D eigenvalue weighted by atomic mass is 10.1. The van der Waals surface area contributed by atoms with Gasteiger partial charge in [0.2, 0.25) is 10.0 Å². The molecule has 0 bridgehead atoms. The van der Waals surface area contributed by atoms with Gasteiger partial charge in [0, 0.05) is 16.7 Å². The lowest BCUT2D eigenvalue weighted by Crippen LogP contribution is -2.26. The van der Waals surface area contributed by atoms with Crippen LogP contribution < -0.4 is 4.72 Å². The first-order valence-corrected chi connectivity index (χ1v) is 8.27. The molecule has 8 heteroatoms. The second-order valence-corrected chi connectivity index (χ2v) is 7.08. The molecule has 0 saturated carbocycles. The van der Waals surface area contributed by atoms with Crippen molar-refractivity contribution in [1.82, 2.24) is 9.71 Å². The summed E-state index contributed by atoms with van der Waals surface area (Å²) in [6.07, 6.45) is 1.15. The Morgan fingerprint density at radius 3 is 2.67 bits per heavy atom. The van der Waals surface area contributed by atoms with Crippen molar-refractivity contribution in [2.45, 2.75) is 17.9 Å². The summed E-state index contributed by atoms with van der Waals surface area (Å²) >= 11 is 3.33. The third-order valence-corrected chi connectivity index (χ3v) is 4.89. The highest BCUT2D eigenvalue weighted by Gasteiger charge is 2.21. The molecular formula is C13H13BrN2O4S. The smallest absolute Gasteiger partial charge is 0.352 e. The largest absolute Gasteiger partial charge is 0.477 e. The van der Waals surface area contributed by atoms with Crippen LogP contribution in [0.2, 0.25) is 0 Å². The van der Waals surface area contributed by atoms with Gasteiger partial charge in [-0.2, -0.15) is 0 Å².